The molecule has 8 heavy (non-hydrogen) atoms. The van der Waals surface area contributed by atoms with Gasteiger partial charge < -0.3 is 5.73 Å². The lowest BCUT2D eigenvalue weighted by Gasteiger charge is -1.89. The maximum Gasteiger partial charge on any atom is 0.0747 e. The molecule has 44 valence electrons. The van der Waals surface area contributed by atoms with Crippen molar-refractivity contribution >= 4 is 10.8 Å². The molecule has 1 aliphatic heterocycles. The molecule has 0 aromatic carbocycles. The molecule has 1 heterocycles. The molecule has 1 aliphatic rings. The zero-order valence-corrected chi connectivity index (χ0v) is 5.15. The highest BCUT2D eigenvalue weighted by Gasteiger charge is 2.03. The summed E-state index contributed by atoms with van der Waals surface area (Å²) in [6.07, 6.45) is 3.55. The molecule has 0 aliphatic carbocycles. The van der Waals surface area contributed by atoms with Crippen LogP contribution in [0.5, 0.6) is 0 Å². The summed E-state index contributed by atoms with van der Waals surface area (Å²) in [6, 6.07) is 0. The van der Waals surface area contributed by atoms with Gasteiger partial charge in [-0.2, -0.15) is 0 Å². The van der Waals surface area contributed by atoms with E-state index in [1.165, 1.54) is 0 Å². The fourth-order valence-electron chi connectivity index (χ4n) is 0.523. The van der Waals surface area contributed by atoms with E-state index in [2.05, 4.69) is 0 Å². The molecule has 0 radical (unpaired) electrons. The lowest BCUT2D eigenvalue weighted by Crippen LogP contribution is -2.03. The smallest absolute Gasteiger partial charge is 0.0747 e. The van der Waals surface area contributed by atoms with Gasteiger partial charge in [-0.1, -0.05) is 6.08 Å². The van der Waals surface area contributed by atoms with Crippen LogP contribution in [0.25, 0.3) is 0 Å². The first kappa shape index (κ1) is 5.72. The van der Waals surface area contributed by atoms with Crippen LogP contribution in [0.2, 0.25) is 0 Å². The molecule has 0 aromatic rings. The largest absolute Gasteiger partial charge is 0.326 e. The minimum absolute atomic E-state index is 0.402. The Kier molecular flexibility index (Phi) is 1.60. The molecule has 0 saturated heterocycles. The van der Waals surface area contributed by atoms with Crippen LogP contribution in [0, 0.1) is 0 Å². The second kappa shape index (κ2) is 2.24. The number of allylic oxidation sites excluding steroid dienone is 2. The molecular weight excluding hydrogens is 122 g/mol. The molecular formula is C5H7NOS. The molecule has 0 spiro atoms. The Morgan fingerprint density at radius 3 is 2.75 bits per heavy atom. The molecule has 0 saturated carbocycles. The normalized spacial score (nSPS) is 26.1. The van der Waals surface area contributed by atoms with Gasteiger partial charge in [0.05, 0.1) is 10.8 Å². The summed E-state index contributed by atoms with van der Waals surface area (Å²) < 4.78 is 10.7. The molecule has 0 amide bonds. The van der Waals surface area contributed by atoms with Crippen LogP contribution in [-0.4, -0.2) is 10.8 Å². The summed E-state index contributed by atoms with van der Waals surface area (Å²) in [4.78, 5) is 0.810. The molecule has 1 atom stereocenters. The Bertz CT molecular complexity index is 171. The second-order valence-corrected chi connectivity index (χ2v) is 2.85. The maximum absolute atomic E-state index is 10.7. The van der Waals surface area contributed by atoms with E-state index < -0.39 is 10.8 Å². The Balaban J connectivity index is 2.73. The van der Waals surface area contributed by atoms with Crippen LogP contribution in [0.1, 0.15) is 0 Å². The number of rotatable bonds is 1. The molecule has 1 unspecified atom stereocenters. The van der Waals surface area contributed by atoms with E-state index in [0.29, 0.717) is 6.54 Å². The van der Waals surface area contributed by atoms with Gasteiger partial charge in [-0.3, -0.25) is 0 Å². The predicted molar refractivity (Wildman–Crippen MR) is 34.4 cm³/mol. The van der Waals surface area contributed by atoms with Gasteiger partial charge in [-0.25, -0.2) is 4.21 Å². The van der Waals surface area contributed by atoms with Gasteiger partial charge in [0, 0.05) is 16.9 Å². The SMILES string of the molecule is NCC1=CC=CS1=O. The monoisotopic (exact) mass is 129 g/mol. The molecule has 2 N–H and O–H groups in total. The van der Waals surface area contributed by atoms with E-state index in [1.807, 2.05) is 0 Å². The second-order valence-electron chi connectivity index (χ2n) is 1.46. The van der Waals surface area contributed by atoms with Gasteiger partial charge in [-0.05, 0) is 6.08 Å². The third-order valence-corrected chi connectivity index (χ3v) is 2.17. The van der Waals surface area contributed by atoms with Crippen LogP contribution in [0.15, 0.2) is 22.5 Å². The standard InChI is InChI=1S/C5H7NOS/c6-4-5-2-1-3-8(5)7/h1-3H,4,6H2. The fourth-order valence-corrected chi connectivity index (χ4v) is 1.30. The lowest BCUT2D eigenvalue weighted by atomic mass is 10.5. The fraction of sp³-hybridized carbons (Fsp3) is 0.200. The van der Waals surface area contributed by atoms with Crippen LogP contribution < -0.4 is 5.73 Å². The van der Waals surface area contributed by atoms with Crippen LogP contribution in [-0.2, 0) is 10.8 Å². The van der Waals surface area contributed by atoms with E-state index in [-0.39, 0.29) is 0 Å². The first-order chi connectivity index (χ1) is 3.84. The summed E-state index contributed by atoms with van der Waals surface area (Å²) in [7, 11) is -0.905. The third kappa shape index (κ3) is 0.877. The minimum atomic E-state index is -0.905. The number of nitrogens with two attached hydrogens (primary N) is 1. The van der Waals surface area contributed by atoms with E-state index in [1.54, 1.807) is 17.6 Å². The van der Waals surface area contributed by atoms with Crippen molar-refractivity contribution in [1.82, 2.24) is 0 Å². The van der Waals surface area contributed by atoms with Crippen molar-refractivity contribution in [2.45, 2.75) is 0 Å². The van der Waals surface area contributed by atoms with Crippen molar-refractivity contribution in [3.8, 4) is 0 Å². The summed E-state index contributed by atoms with van der Waals surface area (Å²) >= 11 is 0. The summed E-state index contributed by atoms with van der Waals surface area (Å²) in [5.74, 6) is 0. The van der Waals surface area contributed by atoms with Crippen molar-refractivity contribution < 1.29 is 4.21 Å². The average Bonchev–Trinajstić information content (AvgIpc) is 2.14. The Morgan fingerprint density at radius 2 is 2.50 bits per heavy atom. The van der Waals surface area contributed by atoms with Crippen molar-refractivity contribution in [3.05, 3.63) is 22.5 Å². The highest BCUT2D eigenvalue weighted by Crippen LogP contribution is 2.08. The van der Waals surface area contributed by atoms with Gasteiger partial charge >= 0.3 is 0 Å². The zero-order valence-electron chi connectivity index (χ0n) is 4.33. The highest BCUT2D eigenvalue weighted by atomic mass is 32.2. The molecule has 2 nitrogen and oxygen atoms in total. The third-order valence-electron chi connectivity index (χ3n) is 0.944. The van der Waals surface area contributed by atoms with Crippen LogP contribution >= 0.6 is 0 Å². The Labute approximate surface area is 50.5 Å². The minimum Gasteiger partial charge on any atom is -0.326 e. The quantitative estimate of drug-likeness (QED) is 0.546. The summed E-state index contributed by atoms with van der Waals surface area (Å²) in [5, 5.41) is 1.63. The van der Waals surface area contributed by atoms with E-state index in [9.17, 15) is 4.21 Å². The van der Waals surface area contributed by atoms with E-state index in [0.717, 1.165) is 4.91 Å². The summed E-state index contributed by atoms with van der Waals surface area (Å²) in [6.45, 7) is 0.402. The molecule has 1 rings (SSSR count). The van der Waals surface area contributed by atoms with Crippen molar-refractivity contribution in [1.29, 1.82) is 0 Å². The van der Waals surface area contributed by atoms with E-state index >= 15 is 0 Å². The van der Waals surface area contributed by atoms with Crippen molar-refractivity contribution in [2.75, 3.05) is 6.54 Å². The molecule has 3 heteroatoms. The average molecular weight is 129 g/mol. The van der Waals surface area contributed by atoms with Gasteiger partial charge in [0.25, 0.3) is 0 Å². The summed E-state index contributed by atoms with van der Waals surface area (Å²) in [5.41, 5.74) is 5.22. The van der Waals surface area contributed by atoms with E-state index in [4.69, 9.17) is 5.73 Å². The zero-order chi connectivity index (χ0) is 5.98. The Hall–Kier alpha value is -0.410. The predicted octanol–water partition coefficient (Wildman–Crippen LogP) is 0.105. The maximum atomic E-state index is 10.7. The molecule has 0 fully saturated rings. The topological polar surface area (TPSA) is 43.1 Å². The van der Waals surface area contributed by atoms with Gasteiger partial charge in [0.15, 0.2) is 0 Å². The van der Waals surface area contributed by atoms with Gasteiger partial charge in [0.2, 0.25) is 0 Å². The van der Waals surface area contributed by atoms with Crippen LogP contribution in [0.3, 0.4) is 0 Å². The van der Waals surface area contributed by atoms with Gasteiger partial charge in [0.1, 0.15) is 0 Å². The van der Waals surface area contributed by atoms with Crippen molar-refractivity contribution in [2.24, 2.45) is 5.73 Å². The van der Waals surface area contributed by atoms with Crippen molar-refractivity contribution in [3.63, 3.8) is 0 Å². The highest BCUT2D eigenvalue weighted by molar-refractivity contribution is 7.92. The van der Waals surface area contributed by atoms with Crippen LogP contribution in [0.4, 0.5) is 0 Å². The molecule has 0 bridgehead atoms. The first-order valence-electron chi connectivity index (χ1n) is 2.32. The van der Waals surface area contributed by atoms with Gasteiger partial charge in [-0.15, -0.1) is 0 Å². The number of hydrogen-bond donors (Lipinski definition) is 1. The lowest BCUT2D eigenvalue weighted by molar-refractivity contribution is 0.691. The number of hydrogen-bond acceptors (Lipinski definition) is 2. The Morgan fingerprint density at radius 1 is 1.75 bits per heavy atom. The first-order valence-corrected chi connectivity index (χ1v) is 3.54. The molecule has 0 aromatic heterocycles.